The van der Waals surface area contributed by atoms with Crippen LogP contribution >= 0.6 is 34.2 Å². The van der Waals surface area contributed by atoms with Crippen LogP contribution in [0.3, 0.4) is 0 Å². The van der Waals surface area contributed by atoms with Crippen LogP contribution in [-0.4, -0.2) is 19.5 Å². The van der Waals surface area contributed by atoms with Gasteiger partial charge < -0.3 is 4.98 Å². The Labute approximate surface area is 137 Å². The molecular formula is C13H10ClIN4O2. The van der Waals surface area contributed by atoms with Gasteiger partial charge in [0.15, 0.2) is 5.65 Å². The number of halogens is 2. The molecule has 2 N–H and O–H groups in total. The molecule has 0 unspecified atom stereocenters. The van der Waals surface area contributed by atoms with E-state index in [2.05, 4.69) is 37.5 Å². The molecule has 0 aliphatic carbocycles. The largest absolute Gasteiger partial charge is 0.332 e. The van der Waals surface area contributed by atoms with Crippen LogP contribution in [0.15, 0.2) is 27.8 Å². The molecule has 0 aliphatic heterocycles. The van der Waals surface area contributed by atoms with Gasteiger partial charge in [0.1, 0.15) is 11.3 Å². The summed E-state index contributed by atoms with van der Waals surface area (Å²) in [5, 5.41) is 0.607. The minimum Gasteiger partial charge on any atom is -0.332 e. The highest BCUT2D eigenvalue weighted by Crippen LogP contribution is 2.25. The molecule has 21 heavy (non-hydrogen) atoms. The summed E-state index contributed by atoms with van der Waals surface area (Å²) in [4.78, 5) is 33.2. The summed E-state index contributed by atoms with van der Waals surface area (Å²) in [5.41, 5.74) is 0.437. The van der Waals surface area contributed by atoms with Crippen LogP contribution in [0.25, 0.3) is 22.6 Å². The Morgan fingerprint density at radius 1 is 1.33 bits per heavy atom. The lowest BCUT2D eigenvalue weighted by Gasteiger charge is -2.00. The molecule has 0 radical (unpaired) electrons. The Hall–Kier alpha value is -1.61. The highest BCUT2D eigenvalue weighted by atomic mass is 127. The third-order valence-electron chi connectivity index (χ3n) is 3.14. The van der Waals surface area contributed by atoms with Gasteiger partial charge in [0.25, 0.3) is 5.56 Å². The maximum Gasteiger partial charge on any atom is 0.330 e. The predicted molar refractivity (Wildman–Crippen MR) is 89.8 cm³/mol. The van der Waals surface area contributed by atoms with E-state index in [0.717, 1.165) is 9.13 Å². The second-order valence-corrected chi connectivity index (χ2v) is 5.99. The van der Waals surface area contributed by atoms with E-state index >= 15 is 0 Å². The van der Waals surface area contributed by atoms with Crippen LogP contribution in [0.1, 0.15) is 6.92 Å². The number of aryl methyl sites for hydroxylation is 1. The molecule has 0 aliphatic rings. The summed E-state index contributed by atoms with van der Waals surface area (Å²) in [6, 6.07) is 5.49. The quantitative estimate of drug-likeness (QED) is 0.629. The van der Waals surface area contributed by atoms with Crippen LogP contribution in [0.2, 0.25) is 5.02 Å². The first kappa shape index (κ1) is 14.3. The first-order chi connectivity index (χ1) is 10.0. The molecule has 8 heteroatoms. The summed E-state index contributed by atoms with van der Waals surface area (Å²) in [6.07, 6.45) is 0. The van der Waals surface area contributed by atoms with Crippen molar-refractivity contribution in [2.75, 3.05) is 0 Å². The van der Waals surface area contributed by atoms with Crippen molar-refractivity contribution >= 4 is 45.4 Å². The number of imidazole rings is 1. The van der Waals surface area contributed by atoms with Crippen LogP contribution in [0.5, 0.6) is 0 Å². The molecule has 2 heterocycles. The van der Waals surface area contributed by atoms with Gasteiger partial charge >= 0.3 is 5.69 Å². The summed E-state index contributed by atoms with van der Waals surface area (Å²) in [7, 11) is 0. The fourth-order valence-corrected chi connectivity index (χ4v) is 2.63. The fraction of sp³-hybridized carbons (Fsp3) is 0.154. The summed E-state index contributed by atoms with van der Waals surface area (Å²) in [5.74, 6) is 0.501. The standard InChI is InChI=1S/C13H10ClIN4O2/c1-2-19-11-9(12(20)18-13(19)21)16-10(17-11)6-3-4-8(15)7(14)5-6/h3-5H,2H2,1H3,(H,16,17)(H,18,20,21). The molecule has 3 aromatic rings. The highest BCUT2D eigenvalue weighted by molar-refractivity contribution is 14.1. The molecule has 0 atom stereocenters. The molecule has 108 valence electrons. The van der Waals surface area contributed by atoms with Crippen LogP contribution in [0.4, 0.5) is 0 Å². The minimum atomic E-state index is -0.477. The predicted octanol–water partition coefficient (Wildman–Crippen LogP) is 2.36. The Kier molecular flexibility index (Phi) is 3.62. The number of rotatable bonds is 2. The highest BCUT2D eigenvalue weighted by Gasteiger charge is 2.13. The number of nitrogens with one attached hydrogen (secondary N) is 2. The van der Waals surface area contributed by atoms with Crippen molar-refractivity contribution in [3.8, 4) is 11.4 Å². The zero-order valence-corrected chi connectivity index (χ0v) is 13.8. The molecule has 0 bridgehead atoms. The molecule has 3 rings (SSSR count). The smallest absolute Gasteiger partial charge is 0.330 e. The number of benzene rings is 1. The van der Waals surface area contributed by atoms with Gasteiger partial charge in [0, 0.05) is 15.7 Å². The molecule has 1 aromatic carbocycles. The summed E-state index contributed by atoms with van der Waals surface area (Å²) in [6.45, 7) is 2.24. The van der Waals surface area contributed by atoms with Crippen molar-refractivity contribution in [3.63, 3.8) is 0 Å². The summed E-state index contributed by atoms with van der Waals surface area (Å²) >= 11 is 8.24. The average molecular weight is 417 g/mol. The number of hydrogen-bond acceptors (Lipinski definition) is 3. The SMILES string of the molecule is CCn1c(=O)[nH]c(=O)c2[nH]c(-c3ccc(I)c(Cl)c3)nc21. The van der Waals surface area contributed by atoms with Crippen molar-refractivity contribution in [2.24, 2.45) is 0 Å². The Bertz CT molecular complexity index is 957. The van der Waals surface area contributed by atoms with Crippen molar-refractivity contribution in [2.45, 2.75) is 13.5 Å². The molecule has 0 fully saturated rings. The van der Waals surface area contributed by atoms with Crippen LogP contribution in [0, 0.1) is 3.57 Å². The lowest BCUT2D eigenvalue weighted by atomic mass is 10.2. The molecule has 6 nitrogen and oxygen atoms in total. The topological polar surface area (TPSA) is 83.5 Å². The van der Waals surface area contributed by atoms with Gasteiger partial charge in [0.05, 0.1) is 5.02 Å². The van der Waals surface area contributed by atoms with Gasteiger partial charge in [0.2, 0.25) is 0 Å². The monoisotopic (exact) mass is 416 g/mol. The van der Waals surface area contributed by atoms with Gasteiger partial charge in [-0.25, -0.2) is 9.78 Å². The van der Waals surface area contributed by atoms with Crippen molar-refractivity contribution < 1.29 is 0 Å². The Morgan fingerprint density at radius 3 is 2.76 bits per heavy atom. The van der Waals surface area contributed by atoms with Crippen molar-refractivity contribution in [1.29, 1.82) is 0 Å². The zero-order valence-electron chi connectivity index (χ0n) is 10.9. The molecule has 0 saturated carbocycles. The lowest BCUT2D eigenvalue weighted by molar-refractivity contribution is 0.720. The van der Waals surface area contributed by atoms with Gasteiger partial charge in [-0.3, -0.25) is 14.3 Å². The Morgan fingerprint density at radius 2 is 2.10 bits per heavy atom. The number of H-pyrrole nitrogens is 2. The number of fused-ring (bicyclic) bond motifs is 1. The van der Waals surface area contributed by atoms with E-state index < -0.39 is 11.2 Å². The molecule has 2 aromatic heterocycles. The van der Waals surface area contributed by atoms with Crippen molar-refractivity contribution in [1.82, 2.24) is 19.5 Å². The molecular weight excluding hydrogens is 407 g/mol. The number of aromatic nitrogens is 4. The van der Waals surface area contributed by atoms with E-state index in [1.807, 2.05) is 19.1 Å². The number of nitrogens with zero attached hydrogens (tertiary/aromatic N) is 2. The van der Waals surface area contributed by atoms with Crippen LogP contribution in [-0.2, 0) is 6.54 Å². The average Bonchev–Trinajstić information content (AvgIpc) is 2.87. The van der Waals surface area contributed by atoms with Gasteiger partial charge in [-0.1, -0.05) is 17.7 Å². The maximum atomic E-state index is 11.9. The van der Waals surface area contributed by atoms with E-state index in [0.29, 0.717) is 23.0 Å². The minimum absolute atomic E-state index is 0.279. The number of aromatic amines is 2. The second kappa shape index (κ2) is 5.30. The fourth-order valence-electron chi connectivity index (χ4n) is 2.11. The maximum absolute atomic E-state index is 11.9. The van der Waals surface area contributed by atoms with E-state index in [1.54, 1.807) is 6.07 Å². The number of hydrogen-bond donors (Lipinski definition) is 2. The molecule has 0 spiro atoms. The van der Waals surface area contributed by atoms with E-state index in [4.69, 9.17) is 11.6 Å². The zero-order chi connectivity index (χ0) is 15.1. The van der Waals surface area contributed by atoms with E-state index in [9.17, 15) is 9.59 Å². The van der Waals surface area contributed by atoms with Crippen molar-refractivity contribution in [3.05, 3.63) is 47.6 Å². The second-order valence-electron chi connectivity index (χ2n) is 4.42. The third kappa shape index (κ3) is 2.40. The van der Waals surface area contributed by atoms with Gasteiger partial charge in [-0.15, -0.1) is 0 Å². The van der Waals surface area contributed by atoms with E-state index in [1.165, 1.54) is 4.57 Å². The van der Waals surface area contributed by atoms with Gasteiger partial charge in [-0.05, 0) is 41.6 Å². The first-order valence-electron chi connectivity index (χ1n) is 6.19. The molecule has 0 amide bonds. The summed E-state index contributed by atoms with van der Waals surface area (Å²) < 4.78 is 2.34. The lowest BCUT2D eigenvalue weighted by Crippen LogP contribution is -2.29. The first-order valence-corrected chi connectivity index (χ1v) is 7.65. The van der Waals surface area contributed by atoms with E-state index in [-0.39, 0.29) is 5.52 Å². The normalized spacial score (nSPS) is 11.2. The molecule has 0 saturated heterocycles. The Balaban J connectivity index is 2.30. The van der Waals surface area contributed by atoms with Crippen LogP contribution < -0.4 is 11.2 Å². The third-order valence-corrected chi connectivity index (χ3v) is 4.71. The van der Waals surface area contributed by atoms with Gasteiger partial charge in [-0.2, -0.15) is 0 Å².